The van der Waals surface area contributed by atoms with Gasteiger partial charge in [-0.2, -0.15) is 4.98 Å². The van der Waals surface area contributed by atoms with Crippen LogP contribution in [-0.4, -0.2) is 41.4 Å². The summed E-state index contributed by atoms with van der Waals surface area (Å²) in [6.45, 7) is 5.01. The van der Waals surface area contributed by atoms with Gasteiger partial charge in [0.1, 0.15) is 5.69 Å². The first-order chi connectivity index (χ1) is 11.5. The molecule has 2 heterocycles. The van der Waals surface area contributed by atoms with E-state index in [1.165, 1.54) is 0 Å². The van der Waals surface area contributed by atoms with Crippen LogP contribution in [-0.2, 0) is 0 Å². The number of anilines is 5. The van der Waals surface area contributed by atoms with Gasteiger partial charge in [0.25, 0.3) is 0 Å². The number of nitrogen functional groups attached to an aromatic ring is 2. The van der Waals surface area contributed by atoms with Crippen molar-refractivity contribution >= 4 is 28.8 Å². The Morgan fingerprint density at radius 1 is 1.04 bits per heavy atom. The summed E-state index contributed by atoms with van der Waals surface area (Å²) < 4.78 is 0. The van der Waals surface area contributed by atoms with Gasteiger partial charge in [-0.1, -0.05) is 0 Å². The third-order valence-electron chi connectivity index (χ3n) is 4.13. The Kier molecular flexibility index (Phi) is 4.28. The average Bonchev–Trinajstić information content (AvgIpc) is 2.54. The highest BCUT2D eigenvalue weighted by atomic mass is 16.8. The first-order valence-corrected chi connectivity index (χ1v) is 7.61. The molecule has 0 amide bonds. The standard InChI is InChI=1S/C15H20N7O2/c1-10-13(14(16)19-15(17)18-10)21-8-6-20(7-9-21)11-2-4-12(5-3-11)22(23)24/h2-5,23H,6-9H2,1H3,(H4,16,17,18,19)/q-1. The number of rotatable bonds is 3. The molecule has 1 aromatic heterocycles. The van der Waals surface area contributed by atoms with Gasteiger partial charge in [-0.15, -0.1) is 0 Å². The van der Waals surface area contributed by atoms with Crippen LogP contribution in [0.1, 0.15) is 5.69 Å². The number of hydrogen-bond acceptors (Lipinski definition) is 9. The zero-order valence-electron chi connectivity index (χ0n) is 13.4. The minimum Gasteiger partial charge on any atom is -0.733 e. The highest BCUT2D eigenvalue weighted by Gasteiger charge is 2.22. The van der Waals surface area contributed by atoms with E-state index in [1.807, 2.05) is 19.1 Å². The Bertz CT molecular complexity index is 689. The summed E-state index contributed by atoms with van der Waals surface area (Å²) >= 11 is 0. The summed E-state index contributed by atoms with van der Waals surface area (Å²) in [5.41, 5.74) is 14.4. The zero-order valence-corrected chi connectivity index (χ0v) is 13.4. The fraction of sp³-hybridized carbons (Fsp3) is 0.333. The normalized spacial score (nSPS) is 14.8. The van der Waals surface area contributed by atoms with Gasteiger partial charge < -0.3 is 31.7 Å². The molecule has 0 unspecified atom stereocenters. The summed E-state index contributed by atoms with van der Waals surface area (Å²) in [6.07, 6.45) is 0. The zero-order chi connectivity index (χ0) is 17.3. The maximum atomic E-state index is 10.8. The van der Waals surface area contributed by atoms with Crippen LogP contribution < -0.4 is 26.5 Å². The third kappa shape index (κ3) is 3.12. The van der Waals surface area contributed by atoms with Gasteiger partial charge in [0.05, 0.1) is 11.4 Å². The van der Waals surface area contributed by atoms with E-state index in [4.69, 9.17) is 16.7 Å². The second-order valence-corrected chi connectivity index (χ2v) is 5.66. The van der Waals surface area contributed by atoms with E-state index in [0.717, 1.165) is 43.2 Å². The average molecular weight is 330 g/mol. The van der Waals surface area contributed by atoms with Crippen LogP contribution in [0, 0.1) is 12.1 Å². The molecule has 0 radical (unpaired) electrons. The molecule has 128 valence electrons. The van der Waals surface area contributed by atoms with Crippen LogP contribution >= 0.6 is 0 Å². The Morgan fingerprint density at radius 3 is 2.17 bits per heavy atom. The van der Waals surface area contributed by atoms with Crippen molar-refractivity contribution in [3.05, 3.63) is 35.2 Å². The molecule has 3 rings (SSSR count). The number of nitrogens with zero attached hydrogens (tertiary/aromatic N) is 5. The van der Waals surface area contributed by atoms with Crippen molar-refractivity contribution in [2.24, 2.45) is 0 Å². The van der Waals surface area contributed by atoms with Crippen molar-refractivity contribution < 1.29 is 5.21 Å². The van der Waals surface area contributed by atoms with E-state index in [-0.39, 0.29) is 16.9 Å². The molecular weight excluding hydrogens is 310 g/mol. The van der Waals surface area contributed by atoms with Crippen molar-refractivity contribution in [1.29, 1.82) is 0 Å². The predicted octanol–water partition coefficient (Wildman–Crippen LogP) is 0.969. The van der Waals surface area contributed by atoms with E-state index in [9.17, 15) is 5.21 Å². The lowest BCUT2D eigenvalue weighted by atomic mass is 10.2. The monoisotopic (exact) mass is 330 g/mol. The van der Waals surface area contributed by atoms with Crippen LogP contribution in [0.5, 0.6) is 0 Å². The van der Waals surface area contributed by atoms with Gasteiger partial charge in [-0.25, -0.2) is 4.98 Å². The largest absolute Gasteiger partial charge is 0.733 e. The summed E-state index contributed by atoms with van der Waals surface area (Å²) in [5, 5.41) is 19.6. The first-order valence-electron chi connectivity index (χ1n) is 7.61. The van der Waals surface area contributed by atoms with E-state index in [2.05, 4.69) is 19.8 Å². The molecule has 9 heteroatoms. The van der Waals surface area contributed by atoms with Crippen LogP contribution in [0.2, 0.25) is 0 Å². The molecule has 0 saturated carbocycles. The second-order valence-electron chi connectivity index (χ2n) is 5.66. The Balaban J connectivity index is 1.70. The fourth-order valence-corrected chi connectivity index (χ4v) is 2.98. The molecular formula is C15H20N7O2-. The van der Waals surface area contributed by atoms with E-state index < -0.39 is 0 Å². The van der Waals surface area contributed by atoms with Gasteiger partial charge in [-0.05, 0) is 31.2 Å². The molecule has 9 nitrogen and oxygen atoms in total. The fourth-order valence-electron chi connectivity index (χ4n) is 2.98. The molecule has 1 aliphatic rings. The topological polar surface area (TPSA) is 131 Å². The number of aromatic nitrogens is 2. The summed E-state index contributed by atoms with van der Waals surface area (Å²) in [7, 11) is 0. The molecule has 1 fully saturated rings. The van der Waals surface area contributed by atoms with Crippen LogP contribution in [0.25, 0.3) is 0 Å². The number of benzene rings is 1. The quantitative estimate of drug-likeness (QED) is 0.704. The first kappa shape index (κ1) is 16.1. The van der Waals surface area contributed by atoms with Crippen molar-refractivity contribution in [1.82, 2.24) is 9.97 Å². The van der Waals surface area contributed by atoms with Crippen molar-refractivity contribution in [2.45, 2.75) is 6.92 Å². The molecule has 0 atom stereocenters. The number of aryl methyl sites for hydroxylation is 1. The second kappa shape index (κ2) is 6.38. The minimum atomic E-state index is -0.144. The smallest absolute Gasteiger partial charge is 0.222 e. The van der Waals surface area contributed by atoms with Gasteiger partial charge in [0.2, 0.25) is 5.95 Å². The predicted molar refractivity (Wildman–Crippen MR) is 94.1 cm³/mol. The lowest BCUT2D eigenvalue weighted by molar-refractivity contribution is 0.296. The van der Waals surface area contributed by atoms with Gasteiger partial charge >= 0.3 is 0 Å². The van der Waals surface area contributed by atoms with Crippen molar-refractivity contribution in [3.8, 4) is 0 Å². The number of hydrogen-bond donors (Lipinski definition) is 3. The van der Waals surface area contributed by atoms with Crippen molar-refractivity contribution in [3.63, 3.8) is 0 Å². The molecule has 1 aromatic carbocycles. The number of piperazine rings is 1. The molecule has 24 heavy (non-hydrogen) atoms. The highest BCUT2D eigenvalue weighted by molar-refractivity contribution is 5.68. The van der Waals surface area contributed by atoms with Crippen LogP contribution in [0.3, 0.4) is 0 Å². The van der Waals surface area contributed by atoms with Gasteiger partial charge in [0.15, 0.2) is 5.82 Å². The molecule has 2 aromatic rings. The Morgan fingerprint density at radius 2 is 1.62 bits per heavy atom. The molecule has 0 spiro atoms. The maximum absolute atomic E-state index is 10.8. The van der Waals surface area contributed by atoms with Crippen molar-refractivity contribution in [2.75, 3.05) is 52.7 Å². The maximum Gasteiger partial charge on any atom is 0.222 e. The van der Waals surface area contributed by atoms with E-state index >= 15 is 0 Å². The molecule has 5 N–H and O–H groups in total. The Hall–Kier alpha value is -2.78. The summed E-state index contributed by atoms with van der Waals surface area (Å²) in [4.78, 5) is 12.6. The van der Waals surface area contributed by atoms with E-state index in [1.54, 1.807) is 12.1 Å². The summed E-state index contributed by atoms with van der Waals surface area (Å²) in [5.74, 6) is 0.583. The molecule has 1 aliphatic heterocycles. The molecule has 0 aliphatic carbocycles. The van der Waals surface area contributed by atoms with E-state index in [0.29, 0.717) is 5.82 Å². The van der Waals surface area contributed by atoms with Gasteiger partial charge in [0, 0.05) is 31.9 Å². The van der Waals surface area contributed by atoms with Gasteiger partial charge in [-0.3, -0.25) is 5.21 Å². The van der Waals surface area contributed by atoms with Crippen LogP contribution in [0.15, 0.2) is 24.3 Å². The third-order valence-corrected chi connectivity index (χ3v) is 4.13. The highest BCUT2D eigenvalue weighted by Crippen LogP contribution is 2.28. The molecule has 1 saturated heterocycles. The summed E-state index contributed by atoms with van der Waals surface area (Å²) in [6, 6.07) is 6.81. The Labute approximate surface area is 139 Å². The lowest BCUT2D eigenvalue weighted by Gasteiger charge is -2.38. The lowest BCUT2D eigenvalue weighted by Crippen LogP contribution is -2.47. The minimum absolute atomic E-state index is 0.144. The number of nitrogens with two attached hydrogens (primary N) is 2. The molecule has 0 bridgehead atoms. The SMILES string of the molecule is Cc1nc(N)nc(N)c1N1CCN(c2ccc(N([O-])O)cc2)CC1. The van der Waals surface area contributed by atoms with Crippen LogP contribution in [0.4, 0.5) is 28.8 Å².